The molecule has 0 saturated heterocycles. The van der Waals surface area contributed by atoms with E-state index in [-0.39, 0.29) is 25.9 Å². The van der Waals surface area contributed by atoms with Crippen molar-refractivity contribution in [1.82, 2.24) is 5.32 Å². The molecule has 1 aliphatic heterocycles. The van der Waals surface area contributed by atoms with Crippen LogP contribution in [-0.4, -0.2) is 62.8 Å². The van der Waals surface area contributed by atoms with Crippen LogP contribution in [0.15, 0.2) is 36.4 Å². The molecular weight excluding hydrogens is 478 g/mol. The van der Waals surface area contributed by atoms with Crippen LogP contribution in [0.1, 0.15) is 25.0 Å². The van der Waals surface area contributed by atoms with Gasteiger partial charge in [-0.3, -0.25) is 0 Å². The number of aliphatic hydroxyl groups is 1. The van der Waals surface area contributed by atoms with Gasteiger partial charge in [-0.25, -0.2) is 14.6 Å². The van der Waals surface area contributed by atoms with Crippen molar-refractivity contribution in [3.63, 3.8) is 0 Å². The highest BCUT2D eigenvalue weighted by atomic mass is 35.5. The summed E-state index contributed by atoms with van der Waals surface area (Å²) in [5.41, 5.74) is 1.88. The van der Waals surface area contributed by atoms with Crippen molar-refractivity contribution in [3.8, 4) is 17.2 Å². The zero-order valence-electron chi connectivity index (χ0n) is 20.1. The van der Waals surface area contributed by atoms with Gasteiger partial charge in [0.25, 0.3) is 0 Å². The number of rotatable bonds is 13. The molecule has 0 fully saturated rings. The molecule has 2 aromatic carbocycles. The average Bonchev–Trinajstić information content (AvgIpc) is 2.85. The molecule has 35 heavy (non-hydrogen) atoms. The number of ether oxygens (including phenoxy) is 4. The average molecular weight is 510 g/mol. The monoisotopic (exact) mass is 509 g/mol. The van der Waals surface area contributed by atoms with Gasteiger partial charge in [0, 0.05) is 12.6 Å². The highest BCUT2D eigenvalue weighted by molar-refractivity contribution is 6.32. The lowest BCUT2D eigenvalue weighted by Crippen LogP contribution is -2.38. The molecule has 10 heteroatoms. The second-order valence-electron chi connectivity index (χ2n) is 8.12. The Kier molecular flexibility index (Phi) is 10.4. The number of hydrogen-bond donors (Lipinski definition) is 2. The summed E-state index contributed by atoms with van der Waals surface area (Å²) in [5.74, 6) is 1.17. The number of esters is 1. The number of carbonyl (C=O) groups excluding carboxylic acids is 1. The van der Waals surface area contributed by atoms with Crippen LogP contribution in [-0.2, 0) is 32.3 Å². The molecule has 0 bridgehead atoms. The largest absolute Gasteiger partial charge is 0.489 e. The topological polar surface area (TPSA) is 105 Å². The lowest BCUT2D eigenvalue weighted by molar-refractivity contribution is -0.282. The van der Waals surface area contributed by atoms with Gasteiger partial charge in [-0.1, -0.05) is 23.7 Å². The molecule has 0 unspecified atom stereocenters. The van der Waals surface area contributed by atoms with Gasteiger partial charge < -0.3 is 29.4 Å². The number of aliphatic hydroxyl groups excluding tert-OH is 1. The standard InChI is InChI=1S/C25H32ClNO8/c1-4-31-25(29)24-15-33-23-11-17(5-8-22(23)35-24)9-16(2)27-12-19(28)14-32-21-7-6-18(10-20(21)26)13-34-30-3/h5-8,10-11,16,19,24,27-28H,4,9,12-15H2,1-3H3/t16-,19+,24-/m1/s1. The van der Waals surface area contributed by atoms with Gasteiger partial charge in [0.2, 0.25) is 6.10 Å². The summed E-state index contributed by atoms with van der Waals surface area (Å²) in [7, 11) is 1.44. The first-order valence-electron chi connectivity index (χ1n) is 11.5. The van der Waals surface area contributed by atoms with Crippen LogP contribution in [0.4, 0.5) is 0 Å². The maximum atomic E-state index is 11.9. The summed E-state index contributed by atoms with van der Waals surface area (Å²) in [6.07, 6.45) is -0.761. The molecule has 192 valence electrons. The Hall–Kier alpha value is -2.56. The fourth-order valence-electron chi connectivity index (χ4n) is 3.48. The van der Waals surface area contributed by atoms with E-state index in [4.69, 9.17) is 35.4 Å². The van der Waals surface area contributed by atoms with E-state index in [2.05, 4.69) is 10.2 Å². The fourth-order valence-corrected chi connectivity index (χ4v) is 3.74. The maximum absolute atomic E-state index is 11.9. The Balaban J connectivity index is 1.41. The fraction of sp³-hybridized carbons (Fsp3) is 0.480. The van der Waals surface area contributed by atoms with E-state index >= 15 is 0 Å². The molecule has 2 N–H and O–H groups in total. The summed E-state index contributed by atoms with van der Waals surface area (Å²) in [6, 6.07) is 11.0. The molecule has 3 rings (SSSR count). The van der Waals surface area contributed by atoms with Crippen molar-refractivity contribution < 1.29 is 38.6 Å². The van der Waals surface area contributed by atoms with Crippen molar-refractivity contribution in [2.24, 2.45) is 0 Å². The van der Waals surface area contributed by atoms with Crippen LogP contribution in [0.3, 0.4) is 0 Å². The maximum Gasteiger partial charge on any atom is 0.350 e. The third kappa shape index (κ3) is 8.26. The summed E-state index contributed by atoms with van der Waals surface area (Å²) >= 11 is 6.24. The number of fused-ring (bicyclic) bond motifs is 1. The second-order valence-corrected chi connectivity index (χ2v) is 8.53. The van der Waals surface area contributed by atoms with Gasteiger partial charge in [0.05, 0.1) is 18.7 Å². The minimum atomic E-state index is -0.755. The van der Waals surface area contributed by atoms with Crippen molar-refractivity contribution in [2.75, 3.05) is 33.5 Å². The Morgan fingerprint density at radius 1 is 1.23 bits per heavy atom. The summed E-state index contributed by atoms with van der Waals surface area (Å²) in [6.45, 7) is 4.91. The zero-order valence-corrected chi connectivity index (χ0v) is 20.9. The SMILES string of the molecule is CCOC(=O)[C@H]1COc2cc(C[C@@H](C)NC[C@H](O)COc3ccc(COOC)cc3Cl)ccc2O1. The molecule has 0 aliphatic carbocycles. The van der Waals surface area contributed by atoms with Crippen LogP contribution >= 0.6 is 11.6 Å². The minimum Gasteiger partial charge on any atom is -0.489 e. The molecule has 0 spiro atoms. The number of halogens is 1. The van der Waals surface area contributed by atoms with E-state index in [1.165, 1.54) is 7.11 Å². The molecular formula is C25H32ClNO8. The predicted octanol–water partition coefficient (Wildman–Crippen LogP) is 3.08. The quantitative estimate of drug-likeness (QED) is 0.239. The van der Waals surface area contributed by atoms with Gasteiger partial charge in [-0.2, -0.15) is 0 Å². The minimum absolute atomic E-state index is 0.0862. The first-order valence-corrected chi connectivity index (χ1v) is 11.8. The highest BCUT2D eigenvalue weighted by Crippen LogP contribution is 2.33. The van der Waals surface area contributed by atoms with Crippen LogP contribution < -0.4 is 19.5 Å². The summed E-state index contributed by atoms with van der Waals surface area (Å²) in [5, 5.41) is 14.0. The molecule has 9 nitrogen and oxygen atoms in total. The second kappa shape index (κ2) is 13.5. The highest BCUT2D eigenvalue weighted by Gasteiger charge is 2.28. The number of hydrogen-bond acceptors (Lipinski definition) is 9. The van der Waals surface area contributed by atoms with E-state index in [0.29, 0.717) is 41.8 Å². The third-order valence-electron chi connectivity index (χ3n) is 5.23. The molecule has 0 radical (unpaired) electrons. The lowest BCUT2D eigenvalue weighted by atomic mass is 10.1. The van der Waals surface area contributed by atoms with E-state index in [1.54, 1.807) is 25.1 Å². The smallest absolute Gasteiger partial charge is 0.350 e. The number of carbonyl (C=O) groups is 1. The normalized spacial score (nSPS) is 16.4. The van der Waals surface area contributed by atoms with Crippen LogP contribution in [0.25, 0.3) is 0 Å². The summed E-state index contributed by atoms with van der Waals surface area (Å²) in [4.78, 5) is 21.3. The van der Waals surface area contributed by atoms with Gasteiger partial charge in [0.1, 0.15) is 31.7 Å². The van der Waals surface area contributed by atoms with Gasteiger partial charge in [0.15, 0.2) is 11.5 Å². The molecule has 2 aromatic rings. The van der Waals surface area contributed by atoms with Gasteiger partial charge in [-0.15, -0.1) is 0 Å². The van der Waals surface area contributed by atoms with E-state index in [9.17, 15) is 9.90 Å². The predicted molar refractivity (Wildman–Crippen MR) is 129 cm³/mol. The van der Waals surface area contributed by atoms with Gasteiger partial charge in [-0.05, 0) is 55.7 Å². The Labute approximate surface area is 210 Å². The first-order chi connectivity index (χ1) is 16.9. The Morgan fingerprint density at radius 3 is 2.77 bits per heavy atom. The number of nitrogens with one attached hydrogen (secondary N) is 1. The van der Waals surface area contributed by atoms with Crippen LogP contribution in [0, 0.1) is 0 Å². The number of benzene rings is 2. The zero-order chi connectivity index (χ0) is 25.2. The van der Waals surface area contributed by atoms with Crippen LogP contribution in [0.2, 0.25) is 5.02 Å². The molecule has 0 aromatic heterocycles. The van der Waals surface area contributed by atoms with Crippen molar-refractivity contribution in [3.05, 3.63) is 52.5 Å². The van der Waals surface area contributed by atoms with E-state index in [1.807, 2.05) is 25.1 Å². The lowest BCUT2D eigenvalue weighted by Gasteiger charge is -2.25. The van der Waals surface area contributed by atoms with Crippen molar-refractivity contribution >= 4 is 17.6 Å². The van der Waals surface area contributed by atoms with Crippen molar-refractivity contribution in [2.45, 2.75) is 45.1 Å². The summed E-state index contributed by atoms with van der Waals surface area (Å²) < 4.78 is 22.0. The van der Waals surface area contributed by atoms with Gasteiger partial charge >= 0.3 is 5.97 Å². The van der Waals surface area contributed by atoms with E-state index < -0.39 is 18.2 Å². The first kappa shape index (κ1) is 27.0. The third-order valence-corrected chi connectivity index (χ3v) is 5.53. The molecule has 0 amide bonds. The molecule has 3 atom stereocenters. The van der Waals surface area contributed by atoms with Crippen LogP contribution in [0.5, 0.6) is 17.2 Å². The van der Waals surface area contributed by atoms with Crippen molar-refractivity contribution in [1.29, 1.82) is 0 Å². The molecule has 0 saturated carbocycles. The Bertz CT molecular complexity index is 972. The van der Waals surface area contributed by atoms with E-state index in [0.717, 1.165) is 11.1 Å². The molecule has 1 aliphatic rings. The Morgan fingerprint density at radius 2 is 2.03 bits per heavy atom. The molecule has 1 heterocycles.